The van der Waals surface area contributed by atoms with Crippen LogP contribution in [0.4, 0.5) is 0 Å². The molecule has 0 N–H and O–H groups in total. The van der Waals surface area contributed by atoms with Crippen LogP contribution in [-0.2, 0) is 19.2 Å². The first-order valence-electron chi connectivity index (χ1n) is 11.8. The maximum Gasteiger partial charge on any atom is -1.00 e. The van der Waals surface area contributed by atoms with Crippen molar-refractivity contribution in [3.8, 4) is 0 Å². The van der Waals surface area contributed by atoms with Crippen molar-refractivity contribution in [3.63, 3.8) is 0 Å². The molecule has 5 rings (SSSR count). The van der Waals surface area contributed by atoms with Gasteiger partial charge in [-0.3, -0.25) is 0 Å². The third-order valence-corrected chi connectivity index (χ3v) is 13.9. The van der Waals surface area contributed by atoms with Crippen molar-refractivity contribution < 1.29 is 28.6 Å². The van der Waals surface area contributed by atoms with E-state index in [9.17, 15) is 0 Å². The first-order chi connectivity index (χ1) is 15.9. The van der Waals surface area contributed by atoms with Crippen molar-refractivity contribution in [3.05, 3.63) is 122 Å². The van der Waals surface area contributed by atoms with E-state index in [1.807, 2.05) is 0 Å². The SMILES string of the molecule is CC1=C(C)C(C)(C)[C]([Ti+2][CH]2C(P(c3ccccc3)c3ccccc3)=Cc3ccccc32)=C1C.[F-].[F-]. The second-order valence-electron chi connectivity index (χ2n) is 9.66. The van der Waals surface area contributed by atoms with E-state index in [2.05, 4.69) is 126 Å². The van der Waals surface area contributed by atoms with Gasteiger partial charge in [-0.25, -0.2) is 0 Å². The van der Waals surface area contributed by atoms with Gasteiger partial charge in [-0.2, -0.15) is 0 Å². The van der Waals surface area contributed by atoms with Gasteiger partial charge in [0.15, 0.2) is 0 Å². The van der Waals surface area contributed by atoms with E-state index in [4.69, 9.17) is 0 Å². The molecule has 0 amide bonds. The van der Waals surface area contributed by atoms with Gasteiger partial charge in [0.1, 0.15) is 0 Å². The van der Waals surface area contributed by atoms with Crippen LogP contribution in [0.2, 0.25) is 0 Å². The Morgan fingerprint density at radius 1 is 0.686 bits per heavy atom. The minimum absolute atomic E-state index is 0. The molecule has 0 spiro atoms. The van der Waals surface area contributed by atoms with Crippen molar-refractivity contribution >= 4 is 24.6 Å². The van der Waals surface area contributed by atoms with Crippen LogP contribution < -0.4 is 20.0 Å². The van der Waals surface area contributed by atoms with E-state index in [1.54, 1.807) is 25.9 Å². The van der Waals surface area contributed by atoms with Crippen LogP contribution in [0.3, 0.4) is 0 Å². The second-order valence-corrected chi connectivity index (χ2v) is 14.0. The molecule has 1 atom stereocenters. The van der Waals surface area contributed by atoms with Crippen LogP contribution in [0.5, 0.6) is 0 Å². The minimum atomic E-state index is -0.569. The number of benzene rings is 3. The number of allylic oxidation sites excluding steroid dienone is 5. The van der Waals surface area contributed by atoms with Crippen LogP contribution in [0.15, 0.2) is 111 Å². The van der Waals surface area contributed by atoms with E-state index in [0.29, 0.717) is 4.22 Å². The zero-order chi connectivity index (χ0) is 23.2. The maximum atomic E-state index is 2.54. The smallest absolute Gasteiger partial charge is 1.00 e. The predicted octanol–water partition coefficient (Wildman–Crippen LogP) is 1.96. The topological polar surface area (TPSA) is 0 Å². The molecule has 0 bridgehead atoms. The van der Waals surface area contributed by atoms with Crippen LogP contribution in [0.1, 0.15) is 50.0 Å². The van der Waals surface area contributed by atoms with Crippen LogP contribution in [0, 0.1) is 5.41 Å². The Bertz CT molecular complexity index is 1250. The van der Waals surface area contributed by atoms with Crippen LogP contribution >= 0.6 is 7.92 Å². The summed E-state index contributed by atoms with van der Waals surface area (Å²) in [6.45, 7) is 11.9. The molecule has 0 saturated carbocycles. The van der Waals surface area contributed by atoms with Crippen molar-refractivity contribution in [1.82, 2.24) is 0 Å². The van der Waals surface area contributed by atoms with Crippen LogP contribution in [0.25, 0.3) is 6.08 Å². The summed E-state index contributed by atoms with van der Waals surface area (Å²) < 4.78 is 2.27. The Labute approximate surface area is 218 Å². The fourth-order valence-corrected chi connectivity index (χ4v) is 11.6. The number of fused-ring (bicyclic) bond motifs is 1. The molecule has 0 saturated heterocycles. The molecule has 0 aliphatic heterocycles. The Hall–Kier alpha value is -2.12. The molecule has 35 heavy (non-hydrogen) atoms. The standard InChI is InChI=1S/C21H16P.C10H15.2FH.Ti/c1-3-11-19(12-4-1)22(20-13-5-2-6-14-20)21-15-17-9-7-8-10-18(17)16-21;1-7-6-10(4,5)9(3)8(7)2;;;/h1-16H;1-5H3;2*1H;/q;;;;+2/p-2. The van der Waals surface area contributed by atoms with Gasteiger partial charge in [-0.15, -0.1) is 0 Å². The summed E-state index contributed by atoms with van der Waals surface area (Å²) in [6.07, 6.45) is 2.54. The van der Waals surface area contributed by atoms with Gasteiger partial charge in [-0.1, -0.05) is 0 Å². The van der Waals surface area contributed by atoms with Gasteiger partial charge in [0, 0.05) is 0 Å². The Morgan fingerprint density at radius 3 is 1.71 bits per heavy atom. The summed E-state index contributed by atoms with van der Waals surface area (Å²) in [5, 5.41) is 4.55. The minimum Gasteiger partial charge on any atom is -1.00 e. The van der Waals surface area contributed by atoms with E-state index in [1.165, 1.54) is 21.7 Å². The molecule has 1 unspecified atom stereocenters. The third-order valence-electron chi connectivity index (χ3n) is 7.54. The first kappa shape index (κ1) is 27.5. The number of halogens is 2. The van der Waals surface area contributed by atoms with Crippen LogP contribution in [-0.4, -0.2) is 0 Å². The maximum absolute atomic E-state index is 2.54. The molecular weight excluding hydrogens is 489 g/mol. The molecule has 0 nitrogen and oxygen atoms in total. The monoisotopic (exact) mass is 520 g/mol. The van der Waals surface area contributed by atoms with Crippen molar-refractivity contribution in [1.29, 1.82) is 0 Å². The number of rotatable bonds is 5. The second kappa shape index (κ2) is 10.9. The summed E-state index contributed by atoms with van der Waals surface area (Å²) in [6, 6.07) is 31.5. The Kier molecular flexibility index (Phi) is 8.54. The molecule has 4 heteroatoms. The normalized spacial score (nSPS) is 18.0. The van der Waals surface area contributed by atoms with Gasteiger partial charge in [0.05, 0.1) is 0 Å². The summed E-state index contributed by atoms with van der Waals surface area (Å²) in [7, 11) is -0.569. The van der Waals surface area contributed by atoms with Gasteiger partial charge in [-0.05, 0) is 0 Å². The first-order valence-corrected chi connectivity index (χ1v) is 14.8. The molecule has 0 fully saturated rings. The molecule has 3 aromatic rings. The zero-order valence-electron chi connectivity index (χ0n) is 20.9. The van der Waals surface area contributed by atoms with E-state index < -0.39 is 27.1 Å². The molecule has 0 aromatic heterocycles. The third kappa shape index (κ3) is 4.82. The van der Waals surface area contributed by atoms with E-state index >= 15 is 0 Å². The van der Waals surface area contributed by atoms with Crippen molar-refractivity contribution in [2.75, 3.05) is 0 Å². The molecule has 0 radical (unpaired) electrons. The molecule has 2 aliphatic carbocycles. The Morgan fingerprint density at radius 2 is 1.20 bits per heavy atom. The average molecular weight is 520 g/mol. The zero-order valence-corrected chi connectivity index (χ0v) is 23.4. The summed E-state index contributed by atoms with van der Waals surface area (Å²) in [4.78, 5) is 0. The predicted molar refractivity (Wildman–Crippen MR) is 141 cm³/mol. The molecule has 3 aromatic carbocycles. The molecular formula is C31H31F2PTi. The van der Waals surface area contributed by atoms with E-state index in [0.717, 1.165) is 0 Å². The van der Waals surface area contributed by atoms with Crippen molar-refractivity contribution in [2.24, 2.45) is 5.41 Å². The summed E-state index contributed by atoms with van der Waals surface area (Å²) in [5.41, 5.74) is 7.79. The largest absolute Gasteiger partial charge is 1.00 e. The summed E-state index contributed by atoms with van der Waals surface area (Å²) >= 11 is -0.407. The van der Waals surface area contributed by atoms with E-state index in [-0.39, 0.29) is 14.8 Å². The van der Waals surface area contributed by atoms with Gasteiger partial charge in [0.25, 0.3) is 0 Å². The van der Waals surface area contributed by atoms with Gasteiger partial charge >= 0.3 is 210 Å². The quantitative estimate of drug-likeness (QED) is 0.357. The molecule has 0 heterocycles. The summed E-state index contributed by atoms with van der Waals surface area (Å²) in [5.74, 6) is 0. The molecule has 2 aliphatic rings. The average Bonchev–Trinajstić information content (AvgIpc) is 3.26. The number of hydrogen-bond donors (Lipinski definition) is 0. The molecule has 178 valence electrons. The Balaban J connectivity index is 0.00000171. The fraction of sp³-hybridized carbons (Fsp3) is 0.226. The fourth-order valence-electron chi connectivity index (χ4n) is 5.28. The van der Waals surface area contributed by atoms with Gasteiger partial charge < -0.3 is 9.41 Å². The number of hydrogen-bond acceptors (Lipinski definition) is 0. The van der Waals surface area contributed by atoms with Gasteiger partial charge in [0.2, 0.25) is 0 Å². The van der Waals surface area contributed by atoms with Crippen molar-refractivity contribution in [2.45, 2.75) is 38.8 Å².